The van der Waals surface area contributed by atoms with Crippen LogP contribution in [0.15, 0.2) is 0 Å². The summed E-state index contributed by atoms with van der Waals surface area (Å²) < 4.78 is 0. The Morgan fingerprint density at radius 1 is 1.26 bits per heavy atom. The summed E-state index contributed by atoms with van der Waals surface area (Å²) in [5, 5.41) is 3.03. The fourth-order valence-corrected chi connectivity index (χ4v) is 4.60. The summed E-state index contributed by atoms with van der Waals surface area (Å²) in [5.74, 6) is 0.544. The summed E-state index contributed by atoms with van der Waals surface area (Å²) >= 11 is 1.58. The largest absolute Gasteiger partial charge is 0.356 e. The number of carbonyl (C=O) groups excluding carboxylic acids is 3. The van der Waals surface area contributed by atoms with E-state index >= 15 is 0 Å². The molecule has 0 spiro atoms. The van der Waals surface area contributed by atoms with Gasteiger partial charge in [0.25, 0.3) is 0 Å². The number of hydrogen-bond donors (Lipinski definition) is 1. The van der Waals surface area contributed by atoms with E-state index in [9.17, 15) is 14.4 Å². The summed E-state index contributed by atoms with van der Waals surface area (Å²) in [6.07, 6.45) is 3.89. The van der Waals surface area contributed by atoms with Crippen LogP contribution in [0.5, 0.6) is 0 Å². The van der Waals surface area contributed by atoms with Gasteiger partial charge in [0.15, 0.2) is 0 Å². The molecule has 6 heteroatoms. The molecular formula is C17H28N2O3S. The molecule has 1 aliphatic heterocycles. The first-order valence-electron chi connectivity index (χ1n) is 8.69. The maximum atomic E-state index is 12.4. The SMILES string of the molecule is CCNC(=O)C1CCC(CN2C(=O)CC(SC(C)C)C2=O)CC1. The minimum Gasteiger partial charge on any atom is -0.356 e. The Bertz CT molecular complexity index is 459. The van der Waals surface area contributed by atoms with Crippen LogP contribution in [0.1, 0.15) is 52.9 Å². The Labute approximate surface area is 142 Å². The Hall–Kier alpha value is -1.04. The summed E-state index contributed by atoms with van der Waals surface area (Å²) in [6, 6.07) is 0. The number of carbonyl (C=O) groups is 3. The number of amides is 3. The first kappa shape index (κ1) is 18.3. The molecule has 23 heavy (non-hydrogen) atoms. The lowest BCUT2D eigenvalue weighted by Gasteiger charge is -2.30. The lowest BCUT2D eigenvalue weighted by molar-refractivity contribution is -0.139. The van der Waals surface area contributed by atoms with E-state index < -0.39 is 0 Å². The third-order valence-corrected chi connectivity index (χ3v) is 5.89. The number of hydrogen-bond acceptors (Lipinski definition) is 4. The Kier molecular flexibility index (Phi) is 6.50. The molecule has 2 rings (SSSR count). The van der Waals surface area contributed by atoms with Gasteiger partial charge in [0.1, 0.15) is 0 Å². The van der Waals surface area contributed by atoms with Crippen molar-refractivity contribution >= 4 is 29.5 Å². The number of imide groups is 1. The zero-order valence-corrected chi connectivity index (χ0v) is 15.2. The lowest BCUT2D eigenvalue weighted by Crippen LogP contribution is -2.39. The third kappa shape index (κ3) is 4.72. The van der Waals surface area contributed by atoms with Crippen molar-refractivity contribution in [1.29, 1.82) is 0 Å². The number of thioether (sulfide) groups is 1. The fourth-order valence-electron chi connectivity index (χ4n) is 3.46. The standard InChI is InChI=1S/C17H28N2O3S/c1-4-18-16(21)13-7-5-12(6-8-13)10-19-15(20)9-14(17(19)22)23-11(2)3/h11-14H,4-10H2,1-3H3,(H,18,21). The molecule has 0 aromatic carbocycles. The number of rotatable bonds is 6. The van der Waals surface area contributed by atoms with Gasteiger partial charge in [0, 0.05) is 25.4 Å². The predicted molar refractivity (Wildman–Crippen MR) is 92.0 cm³/mol. The number of nitrogens with one attached hydrogen (secondary N) is 1. The van der Waals surface area contributed by atoms with Gasteiger partial charge in [-0.1, -0.05) is 13.8 Å². The van der Waals surface area contributed by atoms with Crippen LogP contribution < -0.4 is 5.32 Å². The summed E-state index contributed by atoms with van der Waals surface area (Å²) in [4.78, 5) is 37.9. The highest BCUT2D eigenvalue weighted by Crippen LogP contribution is 2.33. The van der Waals surface area contributed by atoms with Crippen LogP contribution in [0.4, 0.5) is 0 Å². The molecule has 1 heterocycles. The van der Waals surface area contributed by atoms with Crippen LogP contribution in [0.2, 0.25) is 0 Å². The first-order chi connectivity index (χ1) is 10.9. The van der Waals surface area contributed by atoms with Gasteiger partial charge >= 0.3 is 0 Å². The van der Waals surface area contributed by atoms with Gasteiger partial charge in [-0.05, 0) is 43.8 Å². The fraction of sp³-hybridized carbons (Fsp3) is 0.824. The summed E-state index contributed by atoms with van der Waals surface area (Å²) in [6.45, 7) is 7.24. The van der Waals surface area contributed by atoms with E-state index in [1.54, 1.807) is 11.8 Å². The van der Waals surface area contributed by atoms with Crippen LogP contribution in [0, 0.1) is 11.8 Å². The molecule has 1 saturated heterocycles. The minimum absolute atomic E-state index is 0.0143. The minimum atomic E-state index is -0.200. The van der Waals surface area contributed by atoms with Gasteiger partial charge in [-0.15, -0.1) is 11.8 Å². The van der Waals surface area contributed by atoms with Gasteiger partial charge in [-0.3, -0.25) is 19.3 Å². The predicted octanol–water partition coefficient (Wildman–Crippen LogP) is 2.20. The van der Waals surface area contributed by atoms with Crippen LogP contribution >= 0.6 is 11.8 Å². The first-order valence-corrected chi connectivity index (χ1v) is 9.64. The summed E-state index contributed by atoms with van der Waals surface area (Å²) in [7, 11) is 0. The zero-order valence-electron chi connectivity index (χ0n) is 14.3. The van der Waals surface area contributed by atoms with Crippen LogP contribution in [-0.4, -0.2) is 46.2 Å². The molecule has 130 valence electrons. The molecule has 1 aliphatic carbocycles. The molecule has 0 aromatic heterocycles. The van der Waals surface area contributed by atoms with E-state index in [0.29, 0.717) is 30.7 Å². The maximum absolute atomic E-state index is 12.4. The highest BCUT2D eigenvalue weighted by atomic mass is 32.2. The molecule has 2 fully saturated rings. The van der Waals surface area contributed by atoms with Crippen LogP contribution in [0.3, 0.4) is 0 Å². The van der Waals surface area contributed by atoms with Gasteiger partial charge < -0.3 is 5.32 Å². The average molecular weight is 340 g/mol. The van der Waals surface area contributed by atoms with Gasteiger partial charge in [0.2, 0.25) is 17.7 Å². The van der Waals surface area contributed by atoms with Crippen molar-refractivity contribution in [2.75, 3.05) is 13.1 Å². The highest BCUT2D eigenvalue weighted by Gasteiger charge is 2.40. The molecule has 1 saturated carbocycles. The Morgan fingerprint density at radius 3 is 2.48 bits per heavy atom. The van der Waals surface area contributed by atoms with Crippen molar-refractivity contribution in [3.63, 3.8) is 0 Å². The van der Waals surface area contributed by atoms with E-state index in [-0.39, 0.29) is 28.9 Å². The van der Waals surface area contributed by atoms with Crippen molar-refractivity contribution in [3.05, 3.63) is 0 Å². The Morgan fingerprint density at radius 2 is 1.91 bits per heavy atom. The molecule has 5 nitrogen and oxygen atoms in total. The second-order valence-corrected chi connectivity index (χ2v) is 8.62. The molecule has 0 bridgehead atoms. The highest BCUT2D eigenvalue weighted by molar-refractivity contribution is 8.01. The average Bonchev–Trinajstić information content (AvgIpc) is 2.75. The summed E-state index contributed by atoms with van der Waals surface area (Å²) in [5.41, 5.74) is 0. The van der Waals surface area contributed by atoms with Crippen molar-refractivity contribution in [1.82, 2.24) is 10.2 Å². The van der Waals surface area contributed by atoms with Gasteiger partial charge in [-0.25, -0.2) is 0 Å². The van der Waals surface area contributed by atoms with Gasteiger partial charge in [-0.2, -0.15) is 0 Å². The van der Waals surface area contributed by atoms with E-state index in [1.165, 1.54) is 4.90 Å². The monoisotopic (exact) mass is 340 g/mol. The van der Waals surface area contributed by atoms with Crippen molar-refractivity contribution in [2.24, 2.45) is 11.8 Å². The maximum Gasteiger partial charge on any atom is 0.242 e. The van der Waals surface area contributed by atoms with E-state index in [0.717, 1.165) is 25.7 Å². The van der Waals surface area contributed by atoms with Gasteiger partial charge in [0.05, 0.1) is 5.25 Å². The van der Waals surface area contributed by atoms with Crippen LogP contribution in [-0.2, 0) is 14.4 Å². The van der Waals surface area contributed by atoms with Crippen molar-refractivity contribution < 1.29 is 14.4 Å². The molecule has 0 aromatic rings. The van der Waals surface area contributed by atoms with E-state index in [4.69, 9.17) is 0 Å². The smallest absolute Gasteiger partial charge is 0.242 e. The molecule has 1 unspecified atom stereocenters. The molecule has 2 aliphatic rings. The second-order valence-electron chi connectivity index (χ2n) is 6.83. The third-order valence-electron chi connectivity index (χ3n) is 4.65. The lowest BCUT2D eigenvalue weighted by atomic mass is 9.81. The van der Waals surface area contributed by atoms with Crippen LogP contribution in [0.25, 0.3) is 0 Å². The molecule has 3 amide bonds. The van der Waals surface area contributed by atoms with Crippen molar-refractivity contribution in [2.45, 2.75) is 63.4 Å². The molecule has 1 N–H and O–H groups in total. The Balaban J connectivity index is 1.83. The topological polar surface area (TPSA) is 66.5 Å². The van der Waals surface area contributed by atoms with E-state index in [2.05, 4.69) is 5.32 Å². The molecule has 0 radical (unpaired) electrons. The van der Waals surface area contributed by atoms with E-state index in [1.807, 2.05) is 20.8 Å². The zero-order chi connectivity index (χ0) is 17.0. The quantitative estimate of drug-likeness (QED) is 0.753. The molecule has 1 atom stereocenters. The van der Waals surface area contributed by atoms with Crippen molar-refractivity contribution in [3.8, 4) is 0 Å². The normalized spacial score (nSPS) is 28.5. The number of likely N-dealkylation sites (tertiary alicyclic amines) is 1. The molecular weight excluding hydrogens is 312 g/mol. The number of nitrogens with zero attached hydrogens (tertiary/aromatic N) is 1. The second kappa shape index (κ2) is 8.18.